The number of halogens is 1. The van der Waals surface area contributed by atoms with Crippen LogP contribution < -0.4 is 5.32 Å². The average Bonchev–Trinajstić information content (AvgIpc) is 3.08. The van der Waals surface area contributed by atoms with Crippen LogP contribution in [0.15, 0.2) is 46.7 Å². The van der Waals surface area contributed by atoms with Gasteiger partial charge in [0.25, 0.3) is 10.0 Å². The summed E-state index contributed by atoms with van der Waals surface area (Å²) in [6.07, 6.45) is 0. The molecular formula is C16H18ClN3O3S2. The van der Waals surface area contributed by atoms with E-state index >= 15 is 0 Å². The van der Waals surface area contributed by atoms with E-state index in [1.807, 2.05) is 30.3 Å². The Hall–Kier alpha value is -1.61. The summed E-state index contributed by atoms with van der Waals surface area (Å²) in [7, 11) is -3.53. The summed E-state index contributed by atoms with van der Waals surface area (Å²) in [5.41, 5.74) is 0.881. The van der Waals surface area contributed by atoms with Gasteiger partial charge in [0.1, 0.15) is 4.21 Å². The maximum Gasteiger partial charge on any atom is 0.252 e. The molecule has 0 bridgehead atoms. The molecule has 1 aromatic heterocycles. The summed E-state index contributed by atoms with van der Waals surface area (Å²) in [5.74, 6) is -0.0416. The first-order valence-corrected chi connectivity index (χ1v) is 10.4. The molecule has 1 N–H and O–H groups in total. The van der Waals surface area contributed by atoms with Crippen molar-refractivity contribution in [3.8, 4) is 0 Å². The monoisotopic (exact) mass is 399 g/mol. The number of hydrogen-bond donors (Lipinski definition) is 1. The van der Waals surface area contributed by atoms with E-state index in [1.54, 1.807) is 11.0 Å². The minimum atomic E-state index is -3.53. The maximum absolute atomic E-state index is 12.5. The number of nitrogens with one attached hydrogen (secondary N) is 1. The van der Waals surface area contributed by atoms with Crippen molar-refractivity contribution in [3.05, 3.63) is 46.8 Å². The number of para-hydroxylation sites is 1. The molecule has 1 saturated heterocycles. The molecule has 1 fully saturated rings. The number of nitrogens with zero attached hydrogens (tertiary/aromatic N) is 2. The van der Waals surface area contributed by atoms with Crippen molar-refractivity contribution in [1.82, 2.24) is 9.21 Å². The molecule has 0 aliphatic carbocycles. The van der Waals surface area contributed by atoms with Crippen molar-refractivity contribution in [2.75, 3.05) is 38.0 Å². The number of sulfonamides is 1. The van der Waals surface area contributed by atoms with Crippen LogP contribution in [-0.4, -0.2) is 56.3 Å². The van der Waals surface area contributed by atoms with Gasteiger partial charge in [-0.05, 0) is 24.3 Å². The van der Waals surface area contributed by atoms with Crippen LogP contribution in [0, 0.1) is 0 Å². The molecule has 6 nitrogen and oxygen atoms in total. The lowest BCUT2D eigenvalue weighted by molar-refractivity contribution is -0.130. The Morgan fingerprint density at radius 1 is 1.08 bits per heavy atom. The zero-order valence-corrected chi connectivity index (χ0v) is 15.8. The molecule has 0 radical (unpaired) electrons. The normalized spacial score (nSPS) is 16.0. The molecule has 25 heavy (non-hydrogen) atoms. The van der Waals surface area contributed by atoms with Crippen LogP contribution in [0.3, 0.4) is 0 Å². The molecule has 1 aliphatic heterocycles. The molecule has 2 heterocycles. The molecule has 0 spiro atoms. The zero-order valence-electron chi connectivity index (χ0n) is 13.4. The highest BCUT2D eigenvalue weighted by Gasteiger charge is 2.30. The number of piperazine rings is 1. The summed E-state index contributed by atoms with van der Waals surface area (Å²) in [6, 6.07) is 12.6. The minimum Gasteiger partial charge on any atom is -0.376 e. The van der Waals surface area contributed by atoms with E-state index in [-0.39, 0.29) is 29.8 Å². The van der Waals surface area contributed by atoms with Gasteiger partial charge in [-0.2, -0.15) is 4.31 Å². The van der Waals surface area contributed by atoms with Gasteiger partial charge in [0.05, 0.1) is 10.9 Å². The smallest absolute Gasteiger partial charge is 0.252 e. The van der Waals surface area contributed by atoms with Gasteiger partial charge < -0.3 is 10.2 Å². The highest BCUT2D eigenvalue weighted by molar-refractivity contribution is 7.91. The highest BCUT2D eigenvalue weighted by atomic mass is 35.5. The summed E-state index contributed by atoms with van der Waals surface area (Å²) >= 11 is 6.88. The van der Waals surface area contributed by atoms with Crippen LogP contribution in [0.25, 0.3) is 0 Å². The second-order valence-corrected chi connectivity index (χ2v) is 9.44. The fraction of sp³-hybridized carbons (Fsp3) is 0.312. The fourth-order valence-electron chi connectivity index (χ4n) is 2.59. The summed E-state index contributed by atoms with van der Waals surface area (Å²) in [4.78, 5) is 14.0. The van der Waals surface area contributed by atoms with Gasteiger partial charge in [-0.15, -0.1) is 11.3 Å². The van der Waals surface area contributed by atoms with E-state index < -0.39 is 10.0 Å². The van der Waals surface area contributed by atoms with Crippen LogP contribution in [0.2, 0.25) is 4.34 Å². The van der Waals surface area contributed by atoms with Gasteiger partial charge >= 0.3 is 0 Å². The molecule has 2 aromatic rings. The number of carbonyl (C=O) groups excluding carboxylic acids is 1. The molecule has 0 unspecified atom stereocenters. The lowest BCUT2D eigenvalue weighted by Crippen LogP contribution is -2.51. The minimum absolute atomic E-state index is 0.0416. The molecular weight excluding hydrogens is 382 g/mol. The predicted molar refractivity (Wildman–Crippen MR) is 99.6 cm³/mol. The lowest BCUT2D eigenvalue weighted by Gasteiger charge is -2.33. The zero-order chi connectivity index (χ0) is 17.9. The quantitative estimate of drug-likeness (QED) is 0.837. The van der Waals surface area contributed by atoms with Gasteiger partial charge in [-0.25, -0.2) is 8.42 Å². The summed E-state index contributed by atoms with van der Waals surface area (Å²) in [5, 5.41) is 3.08. The number of hydrogen-bond acceptors (Lipinski definition) is 5. The number of carbonyl (C=O) groups is 1. The van der Waals surface area contributed by atoms with Gasteiger partial charge in [0.15, 0.2) is 0 Å². The molecule has 1 amide bonds. The van der Waals surface area contributed by atoms with Crippen molar-refractivity contribution in [3.63, 3.8) is 0 Å². The topological polar surface area (TPSA) is 69.7 Å². The van der Waals surface area contributed by atoms with E-state index in [0.29, 0.717) is 17.4 Å². The van der Waals surface area contributed by atoms with Gasteiger partial charge in [0, 0.05) is 31.9 Å². The molecule has 9 heteroatoms. The Morgan fingerprint density at radius 3 is 2.36 bits per heavy atom. The first kappa shape index (κ1) is 18.2. The molecule has 1 aromatic carbocycles. The van der Waals surface area contributed by atoms with Gasteiger partial charge in [0.2, 0.25) is 5.91 Å². The first-order chi connectivity index (χ1) is 12.0. The van der Waals surface area contributed by atoms with Crippen molar-refractivity contribution in [1.29, 1.82) is 0 Å². The van der Waals surface area contributed by atoms with Crippen LogP contribution in [0.4, 0.5) is 5.69 Å². The third-order valence-corrected chi connectivity index (χ3v) is 7.55. The molecule has 0 saturated carbocycles. The van der Waals surface area contributed by atoms with E-state index in [1.165, 1.54) is 10.4 Å². The standard InChI is InChI=1S/C16H18ClN3O3S2/c17-14-6-7-16(24-14)25(22,23)20-10-8-19(9-11-20)15(21)12-18-13-4-2-1-3-5-13/h1-7,18H,8-12H2. The number of thiophene rings is 1. The Kier molecular flexibility index (Phi) is 5.63. The lowest BCUT2D eigenvalue weighted by atomic mass is 10.3. The van der Waals surface area contributed by atoms with Crippen LogP contribution in [0.5, 0.6) is 0 Å². The largest absolute Gasteiger partial charge is 0.376 e. The second kappa shape index (κ2) is 7.74. The number of amides is 1. The SMILES string of the molecule is O=C(CNc1ccccc1)N1CCN(S(=O)(=O)c2ccc(Cl)s2)CC1. The summed E-state index contributed by atoms with van der Waals surface area (Å²) in [6.45, 7) is 1.53. The molecule has 0 atom stereocenters. The van der Waals surface area contributed by atoms with E-state index in [9.17, 15) is 13.2 Å². The van der Waals surface area contributed by atoms with E-state index in [2.05, 4.69) is 5.32 Å². The Balaban J connectivity index is 1.54. The van der Waals surface area contributed by atoms with E-state index in [4.69, 9.17) is 11.6 Å². The van der Waals surface area contributed by atoms with Crippen molar-refractivity contribution >= 4 is 44.6 Å². The average molecular weight is 400 g/mol. The van der Waals surface area contributed by atoms with E-state index in [0.717, 1.165) is 17.0 Å². The highest BCUT2D eigenvalue weighted by Crippen LogP contribution is 2.28. The Labute approximate surface area is 156 Å². The number of anilines is 1. The molecule has 134 valence electrons. The number of benzene rings is 1. The van der Waals surface area contributed by atoms with Crippen LogP contribution >= 0.6 is 22.9 Å². The number of rotatable bonds is 5. The van der Waals surface area contributed by atoms with Gasteiger partial charge in [-0.3, -0.25) is 4.79 Å². The van der Waals surface area contributed by atoms with Crippen molar-refractivity contribution in [2.24, 2.45) is 0 Å². The first-order valence-electron chi connectivity index (χ1n) is 7.79. The Bertz CT molecular complexity index is 831. The maximum atomic E-state index is 12.5. The second-order valence-electron chi connectivity index (χ2n) is 5.56. The fourth-order valence-corrected chi connectivity index (χ4v) is 5.65. The third-order valence-electron chi connectivity index (χ3n) is 3.95. The third kappa shape index (κ3) is 4.33. The molecule has 1 aliphatic rings. The van der Waals surface area contributed by atoms with Crippen molar-refractivity contribution in [2.45, 2.75) is 4.21 Å². The van der Waals surface area contributed by atoms with Crippen molar-refractivity contribution < 1.29 is 13.2 Å². The Morgan fingerprint density at radius 2 is 1.76 bits per heavy atom. The predicted octanol–water partition coefficient (Wildman–Crippen LogP) is 2.35. The van der Waals surface area contributed by atoms with Gasteiger partial charge in [-0.1, -0.05) is 29.8 Å². The summed E-state index contributed by atoms with van der Waals surface area (Å²) < 4.78 is 27.2. The van der Waals surface area contributed by atoms with Crippen LogP contribution in [0.1, 0.15) is 0 Å². The van der Waals surface area contributed by atoms with Crippen LogP contribution in [-0.2, 0) is 14.8 Å². The molecule has 3 rings (SSSR count).